The zero-order valence-electron chi connectivity index (χ0n) is 29.1. The van der Waals surface area contributed by atoms with Crippen molar-refractivity contribution < 1.29 is 0 Å². The Morgan fingerprint density at radius 2 is 0.846 bits per heavy atom. The van der Waals surface area contributed by atoms with Crippen molar-refractivity contribution in [3.05, 3.63) is 205 Å². The summed E-state index contributed by atoms with van der Waals surface area (Å²) in [7, 11) is 0. The lowest BCUT2D eigenvalue weighted by Gasteiger charge is -2.27. The second-order valence-corrected chi connectivity index (χ2v) is 15.9. The number of hydrogen-bond donors (Lipinski definition) is 0. The van der Waals surface area contributed by atoms with Gasteiger partial charge in [-0.05, 0) is 103 Å². The topological polar surface area (TPSA) is 0 Å². The second kappa shape index (κ2) is 14.2. The van der Waals surface area contributed by atoms with Crippen LogP contribution in [0.5, 0.6) is 0 Å². The first-order valence-electron chi connectivity index (χ1n) is 18.1. The van der Waals surface area contributed by atoms with E-state index < -0.39 is 0 Å². The van der Waals surface area contributed by atoms with E-state index in [1.54, 1.807) is 0 Å². The fraction of sp³-hybridized carbons (Fsp3) is 0.0800. The maximum Gasteiger partial charge on any atom is 0.0349 e. The molecule has 0 amide bonds. The van der Waals surface area contributed by atoms with Crippen molar-refractivity contribution in [1.29, 1.82) is 0 Å². The van der Waals surface area contributed by atoms with Crippen LogP contribution in [0.15, 0.2) is 188 Å². The van der Waals surface area contributed by atoms with E-state index in [0.717, 1.165) is 6.42 Å². The molecule has 0 aliphatic heterocycles. The van der Waals surface area contributed by atoms with Gasteiger partial charge >= 0.3 is 0 Å². The predicted octanol–water partition coefficient (Wildman–Crippen LogP) is 14.9. The molecule has 0 saturated carbocycles. The van der Waals surface area contributed by atoms with Crippen molar-refractivity contribution in [3.63, 3.8) is 0 Å². The van der Waals surface area contributed by atoms with E-state index >= 15 is 0 Å². The molecule has 0 fully saturated rings. The summed E-state index contributed by atoms with van der Waals surface area (Å²) in [6.45, 7) is 2.42. The SMILES string of the molecule is CC(c1ccc(-c2ccc(-c3ccccc3)s2)cc1)C(Cc1ccc(-c2ccc(-c3ccccc3)s2)cc1)c1cc2ccccc2c2ccccc12. The molecule has 9 rings (SSSR count). The Morgan fingerprint density at radius 3 is 1.40 bits per heavy atom. The lowest BCUT2D eigenvalue weighted by atomic mass is 9.76. The number of hydrogen-bond acceptors (Lipinski definition) is 2. The minimum Gasteiger partial charge on any atom is -0.135 e. The van der Waals surface area contributed by atoms with Gasteiger partial charge in [-0.25, -0.2) is 0 Å². The van der Waals surface area contributed by atoms with Crippen LogP contribution in [0.3, 0.4) is 0 Å². The van der Waals surface area contributed by atoms with Crippen LogP contribution in [0.4, 0.5) is 0 Å². The van der Waals surface area contributed by atoms with Crippen LogP contribution in [0.2, 0.25) is 0 Å². The fourth-order valence-electron chi connectivity index (χ4n) is 7.69. The van der Waals surface area contributed by atoms with Gasteiger partial charge in [-0.3, -0.25) is 0 Å². The number of rotatable bonds is 9. The molecule has 52 heavy (non-hydrogen) atoms. The fourth-order valence-corrected chi connectivity index (χ4v) is 9.72. The molecule has 0 spiro atoms. The van der Waals surface area contributed by atoms with Gasteiger partial charge in [0.1, 0.15) is 0 Å². The summed E-state index contributed by atoms with van der Waals surface area (Å²) in [4.78, 5) is 5.21. The summed E-state index contributed by atoms with van der Waals surface area (Å²) in [5, 5.41) is 5.30. The third-order valence-corrected chi connectivity index (χ3v) is 12.9. The Bertz CT molecular complexity index is 2590. The predicted molar refractivity (Wildman–Crippen MR) is 227 cm³/mol. The van der Waals surface area contributed by atoms with Gasteiger partial charge in [0.25, 0.3) is 0 Å². The Kier molecular flexibility index (Phi) is 8.86. The van der Waals surface area contributed by atoms with Gasteiger partial charge in [0.2, 0.25) is 0 Å². The van der Waals surface area contributed by atoms with E-state index in [9.17, 15) is 0 Å². The Balaban J connectivity index is 1.06. The molecule has 2 unspecified atom stereocenters. The zero-order valence-corrected chi connectivity index (χ0v) is 30.7. The lowest BCUT2D eigenvalue weighted by Crippen LogP contribution is -2.12. The first-order chi connectivity index (χ1) is 25.7. The summed E-state index contributed by atoms with van der Waals surface area (Å²) < 4.78 is 0. The van der Waals surface area contributed by atoms with E-state index in [-0.39, 0.29) is 5.92 Å². The van der Waals surface area contributed by atoms with Crippen LogP contribution >= 0.6 is 22.7 Å². The number of thiophene rings is 2. The summed E-state index contributed by atoms with van der Waals surface area (Å²) in [6, 6.07) is 69.4. The van der Waals surface area contributed by atoms with E-state index in [1.807, 2.05) is 22.7 Å². The van der Waals surface area contributed by atoms with E-state index in [4.69, 9.17) is 0 Å². The quantitative estimate of drug-likeness (QED) is 0.131. The first-order valence-corrected chi connectivity index (χ1v) is 19.7. The van der Waals surface area contributed by atoms with Crippen molar-refractivity contribution in [3.8, 4) is 41.8 Å². The summed E-state index contributed by atoms with van der Waals surface area (Å²) in [5.41, 5.74) is 9.25. The van der Waals surface area contributed by atoms with Gasteiger partial charge < -0.3 is 0 Å². The summed E-state index contributed by atoms with van der Waals surface area (Å²) in [6.07, 6.45) is 0.955. The molecule has 0 aliphatic rings. The third kappa shape index (κ3) is 6.41. The third-order valence-electron chi connectivity index (χ3n) is 10.5. The van der Waals surface area contributed by atoms with Crippen LogP contribution in [0.25, 0.3) is 63.3 Å². The highest BCUT2D eigenvalue weighted by molar-refractivity contribution is 7.19. The van der Waals surface area contributed by atoms with Gasteiger partial charge in [-0.15, -0.1) is 22.7 Å². The summed E-state index contributed by atoms with van der Waals surface area (Å²) in [5.74, 6) is 0.580. The highest BCUT2D eigenvalue weighted by atomic mass is 32.1. The minimum atomic E-state index is 0.282. The molecule has 0 bridgehead atoms. The monoisotopic (exact) mass is 702 g/mol. The van der Waals surface area contributed by atoms with Crippen molar-refractivity contribution >= 4 is 44.2 Å². The molecule has 2 aromatic heterocycles. The van der Waals surface area contributed by atoms with Crippen molar-refractivity contribution in [1.82, 2.24) is 0 Å². The largest absolute Gasteiger partial charge is 0.135 e. The lowest BCUT2D eigenvalue weighted by molar-refractivity contribution is 0.576. The first kappa shape index (κ1) is 32.4. The average Bonchev–Trinajstić information content (AvgIpc) is 3.92. The van der Waals surface area contributed by atoms with Crippen LogP contribution in [-0.4, -0.2) is 0 Å². The molecule has 2 heterocycles. The van der Waals surface area contributed by atoms with E-state index in [2.05, 4.69) is 195 Å². The Hall–Kier alpha value is -5.54. The average molecular weight is 703 g/mol. The molecule has 250 valence electrons. The van der Waals surface area contributed by atoms with Gasteiger partial charge in [0, 0.05) is 19.5 Å². The van der Waals surface area contributed by atoms with Gasteiger partial charge in [-0.2, -0.15) is 0 Å². The Morgan fingerprint density at radius 1 is 0.404 bits per heavy atom. The highest BCUT2D eigenvalue weighted by Crippen LogP contribution is 2.43. The summed E-state index contributed by atoms with van der Waals surface area (Å²) >= 11 is 3.72. The number of benzene rings is 7. The molecular formula is C50H38S2. The molecular weight excluding hydrogens is 665 g/mol. The smallest absolute Gasteiger partial charge is 0.0349 e. The molecule has 2 heteroatoms. The van der Waals surface area contributed by atoms with Crippen LogP contribution in [0.1, 0.15) is 35.4 Å². The molecule has 9 aromatic rings. The molecule has 0 N–H and O–H groups in total. The molecule has 2 atom stereocenters. The molecule has 7 aromatic carbocycles. The molecule has 0 saturated heterocycles. The maximum atomic E-state index is 2.47. The number of fused-ring (bicyclic) bond motifs is 3. The van der Waals surface area contributed by atoms with Gasteiger partial charge in [0.15, 0.2) is 0 Å². The van der Waals surface area contributed by atoms with Gasteiger partial charge in [0.05, 0.1) is 0 Å². The van der Waals surface area contributed by atoms with Gasteiger partial charge in [-0.1, -0.05) is 171 Å². The zero-order chi connectivity index (χ0) is 34.9. The van der Waals surface area contributed by atoms with Crippen LogP contribution < -0.4 is 0 Å². The van der Waals surface area contributed by atoms with E-state index in [0.29, 0.717) is 5.92 Å². The van der Waals surface area contributed by atoms with Crippen LogP contribution in [0, 0.1) is 0 Å². The van der Waals surface area contributed by atoms with Crippen molar-refractivity contribution in [2.24, 2.45) is 0 Å². The molecule has 0 aliphatic carbocycles. The second-order valence-electron chi connectivity index (χ2n) is 13.7. The molecule has 0 nitrogen and oxygen atoms in total. The van der Waals surface area contributed by atoms with Crippen molar-refractivity contribution in [2.75, 3.05) is 0 Å². The van der Waals surface area contributed by atoms with Crippen molar-refractivity contribution in [2.45, 2.75) is 25.2 Å². The van der Waals surface area contributed by atoms with E-state index in [1.165, 1.54) is 80.0 Å². The minimum absolute atomic E-state index is 0.282. The van der Waals surface area contributed by atoms with Crippen LogP contribution in [-0.2, 0) is 6.42 Å². The standard InChI is InChI=1S/C50H38S2/c1-34(36-24-26-40(27-25-36)50-31-29-48(52-50)38-14-6-3-7-15-38)45(46-33-41-16-8-9-17-42(41)43-18-10-11-19-44(43)46)32-35-20-22-39(23-21-35)49-30-28-47(51-49)37-12-4-2-5-13-37/h2-31,33-34,45H,32H2,1H3. The highest BCUT2D eigenvalue weighted by Gasteiger charge is 2.25. The molecule has 0 radical (unpaired) electrons. The maximum absolute atomic E-state index is 2.47. The Labute approximate surface area is 314 Å². The normalized spacial score (nSPS) is 12.6.